The Morgan fingerprint density at radius 3 is 2.69 bits per heavy atom. The van der Waals surface area contributed by atoms with Crippen molar-refractivity contribution in [3.8, 4) is 11.5 Å². The summed E-state index contributed by atoms with van der Waals surface area (Å²) in [5.41, 5.74) is 2.76. The number of piperidine rings is 1. The fraction of sp³-hybridized carbons (Fsp3) is 0.296. The fourth-order valence-electron chi connectivity index (χ4n) is 4.49. The molecule has 2 N–H and O–H groups in total. The average Bonchev–Trinajstić information content (AvgIpc) is 3.21. The first-order chi connectivity index (χ1) is 17.6. The van der Waals surface area contributed by atoms with E-state index in [0.29, 0.717) is 29.8 Å². The summed E-state index contributed by atoms with van der Waals surface area (Å²) in [5.74, 6) is 3.27. The molecular formula is C27H29BrN6O2. The number of imidazole rings is 1. The van der Waals surface area contributed by atoms with Gasteiger partial charge in [-0.3, -0.25) is 9.69 Å². The van der Waals surface area contributed by atoms with Gasteiger partial charge in [-0.25, -0.2) is 9.97 Å². The molecular weight excluding hydrogens is 520 g/mol. The zero-order valence-electron chi connectivity index (χ0n) is 20.2. The highest BCUT2D eigenvalue weighted by atomic mass is 79.9. The number of ether oxygens (including phenoxy) is 1. The summed E-state index contributed by atoms with van der Waals surface area (Å²) in [6.45, 7) is 2.75. The standard InChI is InChI=1S/C27H29BrN6O2/c1-33-25-7-6-22(16-24(25)32-27(33)31-21-4-2-20(28)3-5-21)36-23-10-14-30-26(17-23)34(18-35)15-11-19-8-12-29-13-9-19/h2-7,10,14,16-19,29H,8-9,11-13,15H2,1H3,(H,31,32). The number of aromatic nitrogens is 3. The molecule has 9 heteroatoms. The number of halogens is 1. The third-order valence-electron chi connectivity index (χ3n) is 6.56. The fourth-order valence-corrected chi connectivity index (χ4v) is 4.75. The smallest absolute Gasteiger partial charge is 0.215 e. The number of hydrogen-bond donors (Lipinski definition) is 2. The number of nitrogens with one attached hydrogen (secondary N) is 2. The van der Waals surface area contributed by atoms with E-state index in [1.54, 1.807) is 23.2 Å². The number of aryl methyl sites for hydroxylation is 1. The van der Waals surface area contributed by atoms with Gasteiger partial charge in [0.1, 0.15) is 17.3 Å². The number of anilines is 3. The second-order valence-electron chi connectivity index (χ2n) is 9.01. The summed E-state index contributed by atoms with van der Waals surface area (Å²) in [6.07, 6.45) is 5.80. The van der Waals surface area contributed by atoms with Gasteiger partial charge in [0.25, 0.3) is 0 Å². The molecule has 1 fully saturated rings. The Morgan fingerprint density at radius 1 is 1.14 bits per heavy atom. The van der Waals surface area contributed by atoms with Crippen molar-refractivity contribution < 1.29 is 9.53 Å². The van der Waals surface area contributed by atoms with Gasteiger partial charge in [-0.05, 0) is 80.7 Å². The zero-order chi connectivity index (χ0) is 24.9. The molecule has 0 radical (unpaired) electrons. The molecule has 2 aromatic carbocycles. The van der Waals surface area contributed by atoms with E-state index in [1.165, 1.54) is 0 Å². The van der Waals surface area contributed by atoms with E-state index in [1.807, 2.05) is 54.1 Å². The number of nitrogens with zero attached hydrogens (tertiary/aromatic N) is 4. The molecule has 1 aliphatic heterocycles. The predicted octanol–water partition coefficient (Wildman–Crippen LogP) is 5.62. The van der Waals surface area contributed by atoms with Crippen molar-refractivity contribution in [1.82, 2.24) is 19.9 Å². The van der Waals surface area contributed by atoms with E-state index in [9.17, 15) is 4.79 Å². The number of fused-ring (bicyclic) bond motifs is 1. The van der Waals surface area contributed by atoms with Crippen molar-refractivity contribution in [1.29, 1.82) is 0 Å². The molecule has 8 nitrogen and oxygen atoms in total. The average molecular weight is 549 g/mol. The van der Waals surface area contributed by atoms with E-state index in [4.69, 9.17) is 9.72 Å². The lowest BCUT2D eigenvalue weighted by Gasteiger charge is -2.25. The maximum absolute atomic E-state index is 11.8. The second kappa shape index (κ2) is 11.1. The molecule has 1 saturated heterocycles. The van der Waals surface area contributed by atoms with Crippen LogP contribution in [0.3, 0.4) is 0 Å². The topological polar surface area (TPSA) is 84.3 Å². The molecule has 0 unspecified atom stereocenters. The third kappa shape index (κ3) is 5.68. The number of pyridine rings is 1. The second-order valence-corrected chi connectivity index (χ2v) is 9.93. The lowest BCUT2D eigenvalue weighted by Crippen LogP contribution is -2.31. The molecule has 2 aromatic heterocycles. The molecule has 4 aromatic rings. The summed E-state index contributed by atoms with van der Waals surface area (Å²) in [7, 11) is 1.98. The molecule has 36 heavy (non-hydrogen) atoms. The number of benzene rings is 2. The van der Waals surface area contributed by atoms with Crippen molar-refractivity contribution in [2.75, 3.05) is 29.9 Å². The number of carbonyl (C=O) groups excluding carboxylic acids is 1. The van der Waals surface area contributed by atoms with Gasteiger partial charge in [0.15, 0.2) is 0 Å². The van der Waals surface area contributed by atoms with Crippen molar-refractivity contribution in [2.24, 2.45) is 13.0 Å². The first kappa shape index (κ1) is 24.3. The van der Waals surface area contributed by atoms with Crippen molar-refractivity contribution in [3.63, 3.8) is 0 Å². The van der Waals surface area contributed by atoms with E-state index in [-0.39, 0.29) is 0 Å². The normalized spacial score (nSPS) is 14.1. The van der Waals surface area contributed by atoms with Crippen LogP contribution in [0.15, 0.2) is 65.3 Å². The Balaban J connectivity index is 1.29. The molecule has 186 valence electrons. The van der Waals surface area contributed by atoms with E-state index >= 15 is 0 Å². The molecule has 0 saturated carbocycles. The molecule has 0 spiro atoms. The molecule has 1 aliphatic rings. The number of amides is 1. The summed E-state index contributed by atoms with van der Waals surface area (Å²) in [4.78, 5) is 22.6. The Bertz CT molecular complexity index is 1330. The van der Waals surface area contributed by atoms with Crippen LogP contribution in [-0.4, -0.2) is 40.6 Å². The monoisotopic (exact) mass is 548 g/mol. The summed E-state index contributed by atoms with van der Waals surface area (Å²) in [6, 6.07) is 17.4. The lowest BCUT2D eigenvalue weighted by molar-refractivity contribution is -0.107. The minimum Gasteiger partial charge on any atom is -0.457 e. The van der Waals surface area contributed by atoms with Crippen molar-refractivity contribution in [2.45, 2.75) is 19.3 Å². The van der Waals surface area contributed by atoms with Crippen LogP contribution in [0.1, 0.15) is 19.3 Å². The first-order valence-corrected chi connectivity index (χ1v) is 12.9. The quantitative estimate of drug-likeness (QED) is 0.264. The first-order valence-electron chi connectivity index (χ1n) is 12.1. The van der Waals surface area contributed by atoms with Crippen LogP contribution in [0, 0.1) is 5.92 Å². The maximum atomic E-state index is 11.8. The molecule has 0 aliphatic carbocycles. The molecule has 0 atom stereocenters. The number of rotatable bonds is 9. The van der Waals surface area contributed by atoms with Crippen molar-refractivity contribution >= 4 is 50.8 Å². The van der Waals surface area contributed by atoms with Gasteiger partial charge >= 0.3 is 0 Å². The third-order valence-corrected chi connectivity index (χ3v) is 7.09. The van der Waals surface area contributed by atoms with Crippen LogP contribution in [0.2, 0.25) is 0 Å². The summed E-state index contributed by atoms with van der Waals surface area (Å²) < 4.78 is 9.17. The Kier molecular flexibility index (Phi) is 7.48. The summed E-state index contributed by atoms with van der Waals surface area (Å²) in [5, 5.41) is 6.74. The Hall–Kier alpha value is -3.43. The van der Waals surface area contributed by atoms with E-state index < -0.39 is 0 Å². The van der Waals surface area contributed by atoms with E-state index in [0.717, 1.165) is 65.9 Å². The Morgan fingerprint density at radius 2 is 1.92 bits per heavy atom. The van der Waals surface area contributed by atoms with Crippen molar-refractivity contribution in [3.05, 3.63) is 65.3 Å². The van der Waals surface area contributed by atoms with Crippen LogP contribution in [0.4, 0.5) is 17.5 Å². The molecule has 5 rings (SSSR count). The SMILES string of the molecule is Cn1c(Nc2ccc(Br)cc2)nc2cc(Oc3ccnc(N(C=O)CCC4CCNCC4)c3)ccc21. The highest BCUT2D eigenvalue weighted by Gasteiger charge is 2.16. The van der Waals surface area contributed by atoms with Crippen LogP contribution in [0.25, 0.3) is 11.0 Å². The van der Waals surface area contributed by atoms with Gasteiger partial charge in [-0.15, -0.1) is 0 Å². The minimum absolute atomic E-state index is 0.594. The molecule has 3 heterocycles. The maximum Gasteiger partial charge on any atom is 0.215 e. The van der Waals surface area contributed by atoms with Gasteiger partial charge < -0.3 is 19.9 Å². The Labute approximate surface area is 218 Å². The van der Waals surface area contributed by atoms with Gasteiger partial charge in [0, 0.05) is 42.1 Å². The molecule has 0 bridgehead atoms. The van der Waals surface area contributed by atoms with Gasteiger partial charge in [-0.1, -0.05) is 15.9 Å². The van der Waals surface area contributed by atoms with Gasteiger partial charge in [0.2, 0.25) is 12.4 Å². The number of hydrogen-bond acceptors (Lipinski definition) is 6. The summed E-state index contributed by atoms with van der Waals surface area (Å²) >= 11 is 3.46. The van der Waals surface area contributed by atoms with Crippen LogP contribution < -0.4 is 20.3 Å². The highest BCUT2D eigenvalue weighted by Crippen LogP contribution is 2.29. The minimum atomic E-state index is 0.594. The number of carbonyl (C=O) groups is 1. The van der Waals surface area contributed by atoms with Gasteiger partial charge in [0.05, 0.1) is 11.0 Å². The van der Waals surface area contributed by atoms with Crippen LogP contribution >= 0.6 is 15.9 Å². The van der Waals surface area contributed by atoms with Crippen LogP contribution in [-0.2, 0) is 11.8 Å². The van der Waals surface area contributed by atoms with Crippen LogP contribution in [0.5, 0.6) is 11.5 Å². The zero-order valence-corrected chi connectivity index (χ0v) is 21.7. The lowest BCUT2D eigenvalue weighted by atomic mass is 9.94. The highest BCUT2D eigenvalue weighted by molar-refractivity contribution is 9.10. The largest absolute Gasteiger partial charge is 0.457 e. The van der Waals surface area contributed by atoms with Gasteiger partial charge in [-0.2, -0.15) is 0 Å². The molecule has 1 amide bonds. The van der Waals surface area contributed by atoms with E-state index in [2.05, 4.69) is 31.5 Å². The predicted molar refractivity (Wildman–Crippen MR) is 146 cm³/mol.